The second-order valence-corrected chi connectivity index (χ2v) is 7.04. The van der Waals surface area contributed by atoms with Crippen molar-refractivity contribution < 1.29 is 18.3 Å². The maximum atomic E-state index is 12.4. The highest BCUT2D eigenvalue weighted by Gasteiger charge is 2.14. The van der Waals surface area contributed by atoms with E-state index in [-0.39, 0.29) is 17.3 Å². The Morgan fingerprint density at radius 3 is 2.50 bits per heavy atom. The van der Waals surface area contributed by atoms with Crippen LogP contribution in [-0.2, 0) is 10.0 Å². The van der Waals surface area contributed by atoms with Crippen LogP contribution < -0.4 is 14.8 Å². The monoisotopic (exact) mass is 370 g/mol. The van der Waals surface area contributed by atoms with Crippen molar-refractivity contribution in [2.24, 2.45) is 0 Å². The first kappa shape index (κ1) is 18.4. The number of rotatable bonds is 8. The van der Waals surface area contributed by atoms with Gasteiger partial charge in [-0.1, -0.05) is 6.07 Å². The number of alkyl halides is 1. The summed E-state index contributed by atoms with van der Waals surface area (Å²) in [6.07, 6.45) is -0.662. The molecule has 1 unspecified atom stereocenters. The fourth-order valence-corrected chi connectivity index (χ4v) is 3.10. The number of anilines is 2. The number of ether oxygens (including phenoxy) is 1. The quantitative estimate of drug-likeness (QED) is 0.621. The van der Waals surface area contributed by atoms with Crippen LogP contribution >= 0.6 is 11.6 Å². The number of hydrogen-bond donors (Lipinski definition) is 3. The summed E-state index contributed by atoms with van der Waals surface area (Å²) >= 11 is 5.52. The molecule has 0 fully saturated rings. The topological polar surface area (TPSA) is 87.7 Å². The van der Waals surface area contributed by atoms with E-state index in [2.05, 4.69) is 10.0 Å². The molecule has 2 aromatic rings. The normalized spacial score (nSPS) is 12.5. The zero-order valence-electron chi connectivity index (χ0n) is 13.1. The van der Waals surface area contributed by atoms with E-state index in [1.54, 1.807) is 36.4 Å². The standard InChI is InChI=1S/C16H19ClN2O4S/c1-23-15-4-2-3-13(9-15)19-24(21,22)16-7-5-12(6-8-16)18-11-14(20)10-17/h2-9,14,18-20H,10-11H2,1H3. The lowest BCUT2D eigenvalue weighted by Crippen LogP contribution is -2.20. The van der Waals surface area contributed by atoms with E-state index in [1.807, 2.05) is 0 Å². The minimum absolute atomic E-state index is 0.129. The highest BCUT2D eigenvalue weighted by molar-refractivity contribution is 7.92. The summed E-state index contributed by atoms with van der Waals surface area (Å²) in [4.78, 5) is 0.133. The van der Waals surface area contributed by atoms with Crippen molar-refractivity contribution in [3.05, 3.63) is 48.5 Å². The van der Waals surface area contributed by atoms with E-state index in [4.69, 9.17) is 16.3 Å². The van der Waals surface area contributed by atoms with Gasteiger partial charge in [0.25, 0.3) is 10.0 Å². The maximum absolute atomic E-state index is 12.4. The van der Waals surface area contributed by atoms with E-state index in [1.165, 1.54) is 19.2 Å². The number of aliphatic hydroxyl groups excluding tert-OH is 1. The van der Waals surface area contributed by atoms with Crippen molar-refractivity contribution in [2.75, 3.05) is 29.6 Å². The summed E-state index contributed by atoms with van der Waals surface area (Å²) in [5.41, 5.74) is 1.11. The molecule has 6 nitrogen and oxygen atoms in total. The molecule has 0 saturated heterocycles. The third-order valence-electron chi connectivity index (χ3n) is 3.21. The summed E-state index contributed by atoms with van der Waals surface area (Å²) in [7, 11) is -2.18. The van der Waals surface area contributed by atoms with Gasteiger partial charge in [0.2, 0.25) is 0 Å². The van der Waals surface area contributed by atoms with Gasteiger partial charge in [-0.15, -0.1) is 11.6 Å². The molecule has 0 aliphatic rings. The number of hydrogen-bond acceptors (Lipinski definition) is 5. The molecular weight excluding hydrogens is 352 g/mol. The first-order chi connectivity index (χ1) is 11.4. The number of nitrogens with one attached hydrogen (secondary N) is 2. The van der Waals surface area contributed by atoms with Gasteiger partial charge in [-0.25, -0.2) is 8.42 Å². The highest BCUT2D eigenvalue weighted by Crippen LogP contribution is 2.21. The summed E-state index contributed by atoms with van der Waals surface area (Å²) in [5.74, 6) is 0.691. The van der Waals surface area contributed by atoms with Crippen molar-refractivity contribution in [1.82, 2.24) is 0 Å². The average molecular weight is 371 g/mol. The first-order valence-electron chi connectivity index (χ1n) is 7.19. The fraction of sp³-hybridized carbons (Fsp3) is 0.250. The predicted octanol–water partition coefficient (Wildman–Crippen LogP) is 2.51. The van der Waals surface area contributed by atoms with E-state index in [9.17, 15) is 13.5 Å². The number of sulfonamides is 1. The molecule has 0 aromatic heterocycles. The molecule has 2 rings (SSSR count). The summed E-state index contributed by atoms with van der Waals surface area (Å²) < 4.78 is 32.4. The third-order valence-corrected chi connectivity index (χ3v) is 4.96. The Morgan fingerprint density at radius 2 is 1.88 bits per heavy atom. The largest absolute Gasteiger partial charge is 0.497 e. The highest BCUT2D eigenvalue weighted by atomic mass is 35.5. The van der Waals surface area contributed by atoms with Gasteiger partial charge in [0.15, 0.2) is 0 Å². The van der Waals surface area contributed by atoms with Gasteiger partial charge in [0, 0.05) is 18.3 Å². The Bertz CT molecular complexity index is 766. The van der Waals surface area contributed by atoms with Gasteiger partial charge < -0.3 is 15.2 Å². The molecular formula is C16H19ClN2O4S. The van der Waals surface area contributed by atoms with Gasteiger partial charge >= 0.3 is 0 Å². The minimum atomic E-state index is -3.69. The van der Waals surface area contributed by atoms with E-state index < -0.39 is 16.1 Å². The van der Waals surface area contributed by atoms with Crippen LogP contribution in [0.25, 0.3) is 0 Å². The molecule has 0 spiro atoms. The lowest BCUT2D eigenvalue weighted by molar-refractivity contribution is 0.211. The SMILES string of the molecule is COc1cccc(NS(=O)(=O)c2ccc(NCC(O)CCl)cc2)c1. The molecule has 0 bridgehead atoms. The van der Waals surface area contributed by atoms with Gasteiger partial charge in [-0.2, -0.15) is 0 Å². The molecule has 1 atom stereocenters. The van der Waals surface area contributed by atoms with Crippen molar-refractivity contribution >= 4 is 33.0 Å². The van der Waals surface area contributed by atoms with Crippen molar-refractivity contribution in [1.29, 1.82) is 0 Å². The molecule has 130 valence electrons. The molecule has 0 heterocycles. The summed E-state index contributed by atoms with van der Waals surface area (Å²) in [6, 6.07) is 12.9. The van der Waals surface area contributed by atoms with E-state index >= 15 is 0 Å². The molecule has 3 N–H and O–H groups in total. The molecule has 8 heteroatoms. The van der Waals surface area contributed by atoms with Crippen LogP contribution in [0.15, 0.2) is 53.4 Å². The molecule has 24 heavy (non-hydrogen) atoms. The third kappa shape index (κ3) is 5.02. The van der Waals surface area contributed by atoms with Crippen LogP contribution in [0.4, 0.5) is 11.4 Å². The van der Waals surface area contributed by atoms with Crippen LogP contribution in [0.3, 0.4) is 0 Å². The smallest absolute Gasteiger partial charge is 0.261 e. The van der Waals surface area contributed by atoms with Crippen LogP contribution in [0.5, 0.6) is 5.75 Å². The molecule has 0 aliphatic carbocycles. The van der Waals surface area contributed by atoms with Gasteiger partial charge in [-0.3, -0.25) is 4.72 Å². The Labute approximate surface area is 146 Å². The molecule has 0 amide bonds. The lowest BCUT2D eigenvalue weighted by atomic mass is 10.3. The number of benzene rings is 2. The predicted molar refractivity (Wildman–Crippen MR) is 95.5 cm³/mol. The van der Waals surface area contributed by atoms with Crippen LogP contribution in [-0.4, -0.2) is 39.2 Å². The fourth-order valence-electron chi connectivity index (χ4n) is 1.94. The van der Waals surface area contributed by atoms with E-state index in [0.29, 0.717) is 17.1 Å². The molecule has 0 saturated carbocycles. The number of aliphatic hydroxyl groups is 1. The molecule has 2 aromatic carbocycles. The van der Waals surface area contributed by atoms with Gasteiger partial charge in [-0.05, 0) is 36.4 Å². The summed E-state index contributed by atoms with van der Waals surface area (Å²) in [6.45, 7) is 0.289. The van der Waals surface area contributed by atoms with Gasteiger partial charge in [0.05, 0.1) is 29.7 Å². The number of methoxy groups -OCH3 is 1. The second-order valence-electron chi connectivity index (χ2n) is 5.05. The summed E-state index contributed by atoms with van der Waals surface area (Å²) in [5, 5.41) is 12.4. The van der Waals surface area contributed by atoms with Crippen LogP contribution in [0.1, 0.15) is 0 Å². The van der Waals surface area contributed by atoms with Crippen molar-refractivity contribution in [3.8, 4) is 5.75 Å². The maximum Gasteiger partial charge on any atom is 0.261 e. The first-order valence-corrected chi connectivity index (χ1v) is 9.21. The Hall–Kier alpha value is -1.96. The average Bonchev–Trinajstić information content (AvgIpc) is 2.59. The zero-order valence-corrected chi connectivity index (χ0v) is 14.6. The molecule has 0 aliphatic heterocycles. The van der Waals surface area contributed by atoms with Crippen LogP contribution in [0, 0.1) is 0 Å². The van der Waals surface area contributed by atoms with Crippen molar-refractivity contribution in [2.45, 2.75) is 11.0 Å². The molecule has 0 radical (unpaired) electrons. The van der Waals surface area contributed by atoms with Crippen molar-refractivity contribution in [3.63, 3.8) is 0 Å². The Morgan fingerprint density at radius 1 is 1.17 bits per heavy atom. The van der Waals surface area contributed by atoms with Gasteiger partial charge in [0.1, 0.15) is 5.75 Å². The number of halogens is 1. The van der Waals surface area contributed by atoms with Crippen LogP contribution in [0.2, 0.25) is 0 Å². The lowest BCUT2D eigenvalue weighted by Gasteiger charge is -2.12. The Kier molecular flexibility index (Phi) is 6.30. The zero-order chi connectivity index (χ0) is 17.6. The Balaban J connectivity index is 2.08. The van der Waals surface area contributed by atoms with E-state index in [0.717, 1.165) is 0 Å². The second kappa shape index (κ2) is 8.23. The minimum Gasteiger partial charge on any atom is -0.497 e.